The van der Waals surface area contributed by atoms with E-state index in [1.165, 1.54) is 18.5 Å². The molecule has 1 aliphatic carbocycles. The molecule has 1 aliphatic rings. The summed E-state index contributed by atoms with van der Waals surface area (Å²) in [5.74, 6) is 0.193. The lowest BCUT2D eigenvalue weighted by atomic mass is 10.1. The molecular formula is C19H17N3O4S. The van der Waals surface area contributed by atoms with Gasteiger partial charge in [-0.2, -0.15) is 0 Å². The molecule has 0 spiro atoms. The molecule has 0 atom stereocenters. The maximum Gasteiger partial charge on any atom is 0.255 e. The molecule has 0 unspecified atom stereocenters. The zero-order valence-corrected chi connectivity index (χ0v) is 15.1. The largest absolute Gasteiger partial charge is 0.444 e. The van der Waals surface area contributed by atoms with Gasteiger partial charge in [-0.05, 0) is 43.2 Å². The monoisotopic (exact) mass is 383 g/mol. The number of carbonyl (C=O) groups excluding carboxylic acids is 1. The molecule has 1 aromatic heterocycles. The summed E-state index contributed by atoms with van der Waals surface area (Å²) < 4.78 is 32.5. The zero-order valence-electron chi connectivity index (χ0n) is 14.3. The molecular weight excluding hydrogens is 366 g/mol. The number of nitrogens with zero attached hydrogens (tertiary/aromatic N) is 1. The van der Waals surface area contributed by atoms with Crippen molar-refractivity contribution in [2.75, 3.05) is 5.32 Å². The van der Waals surface area contributed by atoms with Crippen molar-refractivity contribution >= 4 is 21.6 Å². The van der Waals surface area contributed by atoms with Gasteiger partial charge in [-0.1, -0.05) is 18.2 Å². The topological polar surface area (TPSA) is 101 Å². The van der Waals surface area contributed by atoms with Crippen LogP contribution in [-0.4, -0.2) is 25.4 Å². The minimum absolute atomic E-state index is 0.00585. The number of nitrogens with one attached hydrogen (secondary N) is 2. The number of aromatic nitrogens is 1. The lowest BCUT2D eigenvalue weighted by molar-refractivity contribution is 0.102. The molecule has 7 nitrogen and oxygen atoms in total. The van der Waals surface area contributed by atoms with Gasteiger partial charge in [0.15, 0.2) is 12.2 Å². The summed E-state index contributed by atoms with van der Waals surface area (Å²) in [6.45, 7) is 0. The molecule has 27 heavy (non-hydrogen) atoms. The average Bonchev–Trinajstić information content (AvgIpc) is 3.29. The normalized spacial score (nSPS) is 14.1. The van der Waals surface area contributed by atoms with Crippen LogP contribution in [0.1, 0.15) is 23.2 Å². The first-order valence-corrected chi connectivity index (χ1v) is 9.92. The molecule has 1 heterocycles. The van der Waals surface area contributed by atoms with E-state index in [0.717, 1.165) is 18.4 Å². The van der Waals surface area contributed by atoms with Crippen molar-refractivity contribution in [2.24, 2.45) is 0 Å². The van der Waals surface area contributed by atoms with Crippen LogP contribution < -0.4 is 10.0 Å². The van der Waals surface area contributed by atoms with Crippen LogP contribution in [0.5, 0.6) is 0 Å². The van der Waals surface area contributed by atoms with E-state index in [2.05, 4.69) is 15.0 Å². The lowest BCUT2D eigenvalue weighted by Gasteiger charge is -2.09. The molecule has 3 aromatic rings. The van der Waals surface area contributed by atoms with Crippen molar-refractivity contribution in [2.45, 2.75) is 23.8 Å². The van der Waals surface area contributed by atoms with Gasteiger partial charge in [0, 0.05) is 22.9 Å². The lowest BCUT2D eigenvalue weighted by Crippen LogP contribution is -2.26. The first-order valence-electron chi connectivity index (χ1n) is 8.44. The van der Waals surface area contributed by atoms with Crippen LogP contribution in [0.25, 0.3) is 11.3 Å². The highest BCUT2D eigenvalue weighted by molar-refractivity contribution is 7.89. The van der Waals surface area contributed by atoms with Gasteiger partial charge in [0.2, 0.25) is 10.0 Å². The third kappa shape index (κ3) is 4.07. The molecule has 2 N–H and O–H groups in total. The second-order valence-corrected chi connectivity index (χ2v) is 8.04. The highest BCUT2D eigenvalue weighted by Crippen LogP contribution is 2.24. The summed E-state index contributed by atoms with van der Waals surface area (Å²) in [4.78, 5) is 16.5. The van der Waals surface area contributed by atoms with Crippen LogP contribution in [0.2, 0.25) is 0 Å². The number of carbonyl (C=O) groups is 1. The van der Waals surface area contributed by atoms with Crippen LogP contribution in [0, 0.1) is 0 Å². The number of amides is 1. The molecule has 0 aliphatic heterocycles. The summed E-state index contributed by atoms with van der Waals surface area (Å²) in [5.41, 5.74) is 1.60. The Balaban J connectivity index is 1.53. The fourth-order valence-corrected chi connectivity index (χ4v) is 3.96. The standard InChI is InChI=1S/C19H17N3O4S/c23-19(21-16-5-1-3-13(9-16)18-11-20-12-26-18)14-4-2-6-17(10-14)27(24,25)22-15-7-8-15/h1-6,9-12,15,22H,7-8H2,(H,21,23). The van der Waals surface area contributed by atoms with E-state index in [1.807, 2.05) is 6.07 Å². The van der Waals surface area contributed by atoms with Crippen molar-refractivity contribution in [1.82, 2.24) is 9.71 Å². The quantitative estimate of drug-likeness (QED) is 0.681. The van der Waals surface area contributed by atoms with Crippen molar-refractivity contribution in [3.8, 4) is 11.3 Å². The van der Waals surface area contributed by atoms with Crippen molar-refractivity contribution < 1.29 is 17.6 Å². The summed E-state index contributed by atoms with van der Waals surface area (Å²) in [6.07, 6.45) is 4.62. The second kappa shape index (κ2) is 6.98. The van der Waals surface area contributed by atoms with Crippen molar-refractivity contribution in [1.29, 1.82) is 0 Å². The van der Waals surface area contributed by atoms with Gasteiger partial charge in [0.1, 0.15) is 0 Å². The number of benzene rings is 2. The van der Waals surface area contributed by atoms with E-state index in [4.69, 9.17) is 4.42 Å². The number of hydrogen-bond acceptors (Lipinski definition) is 5. The molecule has 8 heteroatoms. The first-order chi connectivity index (χ1) is 13.0. The van der Waals surface area contributed by atoms with E-state index < -0.39 is 15.9 Å². The van der Waals surface area contributed by atoms with E-state index in [-0.39, 0.29) is 16.5 Å². The molecule has 0 bridgehead atoms. The van der Waals surface area contributed by atoms with E-state index in [9.17, 15) is 13.2 Å². The number of rotatable bonds is 6. The number of oxazole rings is 1. The van der Waals surface area contributed by atoms with Gasteiger partial charge in [0.05, 0.1) is 11.1 Å². The van der Waals surface area contributed by atoms with E-state index in [0.29, 0.717) is 11.4 Å². The average molecular weight is 383 g/mol. The van der Waals surface area contributed by atoms with E-state index in [1.54, 1.807) is 36.5 Å². The Morgan fingerprint density at radius 2 is 1.93 bits per heavy atom. The minimum atomic E-state index is -3.61. The third-order valence-corrected chi connectivity index (χ3v) is 5.66. The van der Waals surface area contributed by atoms with Gasteiger partial charge in [-0.15, -0.1) is 0 Å². The fraction of sp³-hybridized carbons (Fsp3) is 0.158. The van der Waals surface area contributed by atoms with Gasteiger partial charge in [0.25, 0.3) is 5.91 Å². The summed E-state index contributed by atoms with van der Waals surface area (Å²) in [7, 11) is -3.61. The van der Waals surface area contributed by atoms with Gasteiger partial charge < -0.3 is 9.73 Å². The van der Waals surface area contributed by atoms with Crippen LogP contribution >= 0.6 is 0 Å². The minimum Gasteiger partial charge on any atom is -0.444 e. The maximum absolute atomic E-state index is 12.6. The Morgan fingerprint density at radius 1 is 1.11 bits per heavy atom. The number of hydrogen-bond donors (Lipinski definition) is 2. The Morgan fingerprint density at radius 3 is 2.67 bits per heavy atom. The van der Waals surface area contributed by atoms with Gasteiger partial charge >= 0.3 is 0 Å². The highest BCUT2D eigenvalue weighted by Gasteiger charge is 2.28. The van der Waals surface area contributed by atoms with Crippen LogP contribution in [0.4, 0.5) is 5.69 Å². The molecule has 138 valence electrons. The van der Waals surface area contributed by atoms with Crippen molar-refractivity contribution in [3.05, 3.63) is 66.7 Å². The molecule has 4 rings (SSSR count). The summed E-state index contributed by atoms with van der Waals surface area (Å²) in [6, 6.07) is 13.1. The SMILES string of the molecule is O=C(Nc1cccc(-c2cnco2)c1)c1cccc(S(=O)(=O)NC2CC2)c1. The van der Waals surface area contributed by atoms with Crippen LogP contribution in [0.15, 0.2) is 70.4 Å². The third-order valence-electron chi connectivity index (χ3n) is 4.14. The van der Waals surface area contributed by atoms with Crippen LogP contribution in [-0.2, 0) is 10.0 Å². The molecule has 1 fully saturated rings. The Labute approximate surface area is 156 Å². The molecule has 0 radical (unpaired) electrons. The second-order valence-electron chi connectivity index (χ2n) is 6.32. The predicted octanol–water partition coefficient (Wildman–Crippen LogP) is 3.03. The maximum atomic E-state index is 12.6. The van der Waals surface area contributed by atoms with Gasteiger partial charge in [-0.3, -0.25) is 4.79 Å². The number of anilines is 1. The smallest absolute Gasteiger partial charge is 0.255 e. The van der Waals surface area contributed by atoms with E-state index >= 15 is 0 Å². The molecule has 1 saturated carbocycles. The Bertz CT molecular complexity index is 1070. The Kier molecular flexibility index (Phi) is 4.51. The van der Waals surface area contributed by atoms with Gasteiger partial charge in [-0.25, -0.2) is 18.1 Å². The van der Waals surface area contributed by atoms with Crippen LogP contribution in [0.3, 0.4) is 0 Å². The highest BCUT2D eigenvalue weighted by atomic mass is 32.2. The summed E-state index contributed by atoms with van der Waals surface area (Å²) >= 11 is 0. The molecule has 2 aromatic carbocycles. The predicted molar refractivity (Wildman–Crippen MR) is 99.7 cm³/mol. The fourth-order valence-electron chi connectivity index (χ4n) is 2.60. The zero-order chi connectivity index (χ0) is 18.9. The Hall–Kier alpha value is -2.97. The number of sulfonamides is 1. The van der Waals surface area contributed by atoms with Crippen molar-refractivity contribution in [3.63, 3.8) is 0 Å². The summed E-state index contributed by atoms with van der Waals surface area (Å²) in [5, 5.41) is 2.78. The first kappa shape index (κ1) is 17.4. The molecule has 0 saturated heterocycles. The molecule has 1 amide bonds.